The number of halogens is 1. The van der Waals surface area contributed by atoms with Crippen molar-refractivity contribution in [2.45, 2.75) is 25.0 Å². The molecule has 8 nitrogen and oxygen atoms in total. The number of aromatic nitrogens is 4. The minimum Gasteiger partial charge on any atom is -0.494 e. The summed E-state index contributed by atoms with van der Waals surface area (Å²) in [6.45, 7) is 1.10. The Morgan fingerprint density at radius 3 is 2.57 bits per heavy atom. The molecule has 146 valence electrons. The number of ether oxygens (including phenoxy) is 1. The van der Waals surface area contributed by atoms with Crippen molar-refractivity contribution in [1.29, 1.82) is 0 Å². The molecule has 1 saturated heterocycles. The van der Waals surface area contributed by atoms with Crippen LogP contribution in [0.4, 0.5) is 5.82 Å². The van der Waals surface area contributed by atoms with Crippen molar-refractivity contribution in [2.24, 2.45) is 0 Å². The Labute approximate surface area is 166 Å². The van der Waals surface area contributed by atoms with Crippen LogP contribution in [0, 0.1) is 0 Å². The molecule has 0 radical (unpaired) electrons. The molecular weight excluding hydrogens is 382 g/mol. The van der Waals surface area contributed by atoms with E-state index in [0.29, 0.717) is 54.0 Å². The topological polar surface area (TPSA) is 104 Å². The maximum absolute atomic E-state index is 10.0. The standard InChI is InChI=1S/C19H20ClN5O3/c1-28-15-10-21-9-12-17(15)19(25-6-3-13(26)14(27)4-7-25)24-18(23-12)11-2-5-22-16(20)8-11/h2,5,8-10,13-14,26-27H,3-4,6-7H2,1H3. The average Bonchev–Trinajstić information content (AvgIpc) is 2.88. The van der Waals surface area contributed by atoms with Crippen molar-refractivity contribution in [3.05, 3.63) is 35.9 Å². The molecule has 0 spiro atoms. The summed E-state index contributed by atoms with van der Waals surface area (Å²) < 4.78 is 5.50. The Kier molecular flexibility index (Phi) is 5.25. The number of methoxy groups -OCH3 is 1. The second-order valence-electron chi connectivity index (χ2n) is 6.67. The highest BCUT2D eigenvalue weighted by Gasteiger charge is 2.26. The third-order valence-electron chi connectivity index (χ3n) is 4.89. The zero-order chi connectivity index (χ0) is 19.7. The predicted octanol–water partition coefficient (Wildman–Crippen LogP) is 2.07. The van der Waals surface area contributed by atoms with Crippen LogP contribution >= 0.6 is 11.6 Å². The van der Waals surface area contributed by atoms with Crippen LogP contribution in [0.25, 0.3) is 22.3 Å². The van der Waals surface area contributed by atoms with E-state index in [1.807, 2.05) is 4.90 Å². The van der Waals surface area contributed by atoms with Crippen LogP contribution in [-0.2, 0) is 0 Å². The largest absolute Gasteiger partial charge is 0.494 e. The number of fused-ring (bicyclic) bond motifs is 1. The van der Waals surface area contributed by atoms with Crippen molar-refractivity contribution in [1.82, 2.24) is 19.9 Å². The van der Waals surface area contributed by atoms with Gasteiger partial charge in [0.1, 0.15) is 16.7 Å². The summed E-state index contributed by atoms with van der Waals surface area (Å²) in [6.07, 6.45) is 4.27. The molecule has 0 saturated carbocycles. The van der Waals surface area contributed by atoms with E-state index >= 15 is 0 Å². The number of rotatable bonds is 3. The average molecular weight is 402 g/mol. The molecule has 2 unspecified atom stereocenters. The molecule has 28 heavy (non-hydrogen) atoms. The zero-order valence-electron chi connectivity index (χ0n) is 15.3. The van der Waals surface area contributed by atoms with E-state index in [0.717, 1.165) is 10.9 Å². The monoisotopic (exact) mass is 401 g/mol. The lowest BCUT2D eigenvalue weighted by molar-refractivity contribution is 0.0187. The van der Waals surface area contributed by atoms with Gasteiger partial charge in [0.15, 0.2) is 5.82 Å². The zero-order valence-corrected chi connectivity index (χ0v) is 16.0. The first-order valence-electron chi connectivity index (χ1n) is 8.99. The van der Waals surface area contributed by atoms with Gasteiger partial charge in [0.05, 0.1) is 42.6 Å². The number of aliphatic hydroxyl groups excluding tert-OH is 2. The third kappa shape index (κ3) is 3.58. The summed E-state index contributed by atoms with van der Waals surface area (Å²) in [4.78, 5) is 19.7. The Morgan fingerprint density at radius 2 is 1.89 bits per heavy atom. The lowest BCUT2D eigenvalue weighted by Gasteiger charge is -2.24. The molecule has 9 heteroatoms. The van der Waals surface area contributed by atoms with Gasteiger partial charge in [0.25, 0.3) is 0 Å². The fraction of sp³-hybridized carbons (Fsp3) is 0.368. The van der Waals surface area contributed by atoms with E-state index in [1.54, 1.807) is 37.8 Å². The minimum atomic E-state index is -0.750. The quantitative estimate of drug-likeness (QED) is 0.643. The molecule has 1 fully saturated rings. The first kappa shape index (κ1) is 18.8. The lowest BCUT2D eigenvalue weighted by Crippen LogP contribution is -2.26. The van der Waals surface area contributed by atoms with Gasteiger partial charge in [-0.05, 0) is 25.0 Å². The van der Waals surface area contributed by atoms with Gasteiger partial charge in [-0.1, -0.05) is 11.6 Å². The highest BCUT2D eigenvalue weighted by atomic mass is 35.5. The van der Waals surface area contributed by atoms with Gasteiger partial charge in [-0.2, -0.15) is 0 Å². The van der Waals surface area contributed by atoms with E-state index in [9.17, 15) is 10.2 Å². The van der Waals surface area contributed by atoms with E-state index in [-0.39, 0.29) is 0 Å². The van der Waals surface area contributed by atoms with Crippen LogP contribution in [0.3, 0.4) is 0 Å². The van der Waals surface area contributed by atoms with Gasteiger partial charge in [0, 0.05) is 24.8 Å². The van der Waals surface area contributed by atoms with Crippen LogP contribution in [0.5, 0.6) is 5.75 Å². The van der Waals surface area contributed by atoms with Gasteiger partial charge < -0.3 is 19.8 Å². The van der Waals surface area contributed by atoms with Crippen molar-refractivity contribution >= 4 is 28.3 Å². The molecule has 0 aromatic carbocycles. The molecule has 1 aliphatic heterocycles. The molecule has 0 aliphatic carbocycles. The second-order valence-corrected chi connectivity index (χ2v) is 7.06. The van der Waals surface area contributed by atoms with Gasteiger partial charge in [-0.3, -0.25) is 4.98 Å². The van der Waals surface area contributed by atoms with E-state index < -0.39 is 12.2 Å². The molecule has 4 heterocycles. The summed E-state index contributed by atoms with van der Waals surface area (Å²) in [5.41, 5.74) is 1.37. The van der Waals surface area contributed by atoms with Gasteiger partial charge in [-0.25, -0.2) is 15.0 Å². The third-order valence-corrected chi connectivity index (χ3v) is 5.10. The lowest BCUT2D eigenvalue weighted by atomic mass is 10.1. The van der Waals surface area contributed by atoms with Crippen molar-refractivity contribution < 1.29 is 14.9 Å². The van der Waals surface area contributed by atoms with Crippen LogP contribution < -0.4 is 9.64 Å². The van der Waals surface area contributed by atoms with Crippen LogP contribution in [-0.4, -0.2) is 62.6 Å². The van der Waals surface area contributed by atoms with Gasteiger partial charge >= 0.3 is 0 Å². The molecule has 1 aliphatic rings. The highest BCUT2D eigenvalue weighted by molar-refractivity contribution is 6.29. The van der Waals surface area contributed by atoms with Crippen LogP contribution in [0.2, 0.25) is 5.15 Å². The summed E-state index contributed by atoms with van der Waals surface area (Å²) >= 11 is 6.04. The molecular formula is C19H20ClN5O3. The highest BCUT2D eigenvalue weighted by Crippen LogP contribution is 2.34. The number of anilines is 1. The number of pyridine rings is 2. The summed E-state index contributed by atoms with van der Waals surface area (Å²) in [6, 6.07) is 3.50. The molecule has 4 rings (SSSR count). The van der Waals surface area contributed by atoms with Gasteiger partial charge in [0.2, 0.25) is 0 Å². The van der Waals surface area contributed by atoms with E-state index in [1.165, 1.54) is 0 Å². The smallest absolute Gasteiger partial charge is 0.162 e. The van der Waals surface area contributed by atoms with Crippen molar-refractivity contribution in [3.63, 3.8) is 0 Å². The number of aliphatic hydroxyl groups is 2. The maximum atomic E-state index is 10.0. The molecule has 0 bridgehead atoms. The number of nitrogens with zero attached hydrogens (tertiary/aromatic N) is 5. The Balaban J connectivity index is 1.89. The SMILES string of the molecule is COc1cncc2nc(-c3ccnc(Cl)c3)nc(N3CCC(O)C(O)CC3)c12. The second kappa shape index (κ2) is 7.83. The van der Waals surface area contributed by atoms with E-state index in [2.05, 4.69) is 15.0 Å². The summed E-state index contributed by atoms with van der Waals surface area (Å²) in [5, 5.41) is 21.2. The van der Waals surface area contributed by atoms with E-state index in [4.69, 9.17) is 21.3 Å². The fourth-order valence-electron chi connectivity index (χ4n) is 3.37. The molecule has 3 aromatic rings. The first-order chi connectivity index (χ1) is 13.6. The molecule has 2 atom stereocenters. The van der Waals surface area contributed by atoms with Crippen LogP contribution in [0.15, 0.2) is 30.7 Å². The minimum absolute atomic E-state index is 0.354. The summed E-state index contributed by atoms with van der Waals surface area (Å²) in [5.74, 6) is 1.73. The number of hydrogen-bond donors (Lipinski definition) is 2. The molecule has 2 N–H and O–H groups in total. The van der Waals surface area contributed by atoms with Crippen molar-refractivity contribution in [3.8, 4) is 17.1 Å². The Hall–Kier alpha value is -2.55. The van der Waals surface area contributed by atoms with Crippen molar-refractivity contribution in [2.75, 3.05) is 25.1 Å². The molecule has 3 aromatic heterocycles. The Bertz CT molecular complexity index is 990. The van der Waals surface area contributed by atoms with Gasteiger partial charge in [-0.15, -0.1) is 0 Å². The number of hydrogen-bond acceptors (Lipinski definition) is 8. The molecule has 0 amide bonds. The predicted molar refractivity (Wildman–Crippen MR) is 106 cm³/mol. The fourth-order valence-corrected chi connectivity index (χ4v) is 3.55. The van der Waals surface area contributed by atoms with Crippen LogP contribution in [0.1, 0.15) is 12.8 Å². The summed E-state index contributed by atoms with van der Waals surface area (Å²) in [7, 11) is 1.58. The normalized spacial score (nSPS) is 20.2. The first-order valence-corrected chi connectivity index (χ1v) is 9.37. The maximum Gasteiger partial charge on any atom is 0.162 e. The Morgan fingerprint density at radius 1 is 1.14 bits per heavy atom.